The Labute approximate surface area is 78.9 Å². The molecule has 0 aromatic heterocycles. The normalized spacial score (nSPS) is 13.6. The molecule has 10 heavy (non-hydrogen) atoms. The summed E-state index contributed by atoms with van der Waals surface area (Å²) in [5, 5.41) is 0. The van der Waals surface area contributed by atoms with E-state index in [1.807, 2.05) is 0 Å². The quantitative estimate of drug-likeness (QED) is 0.498. The Morgan fingerprint density at radius 1 is 1.10 bits per heavy atom. The van der Waals surface area contributed by atoms with Gasteiger partial charge in [-0.2, -0.15) is 0 Å². The van der Waals surface area contributed by atoms with Crippen LogP contribution in [-0.2, 0) is 0 Å². The van der Waals surface area contributed by atoms with Crippen LogP contribution in [0.4, 0.5) is 0 Å². The van der Waals surface area contributed by atoms with Crippen LogP contribution in [0.25, 0.3) is 0 Å². The third-order valence-electron chi connectivity index (χ3n) is 1.74. The summed E-state index contributed by atoms with van der Waals surface area (Å²) in [6.07, 6.45) is 8.65. The average molecular weight is 246 g/mol. The number of hydrogen-bond acceptors (Lipinski definition) is 0. The van der Waals surface area contributed by atoms with Gasteiger partial charge in [-0.05, 0) is 0 Å². The van der Waals surface area contributed by atoms with Crippen LogP contribution in [0.15, 0.2) is 0 Å². The molecule has 0 aliphatic heterocycles. The molecular weight excluding hydrogens is 227 g/mol. The summed E-state index contributed by atoms with van der Waals surface area (Å²) in [6.45, 7) is 4.62. The second kappa shape index (κ2) is 7.90. The van der Waals surface area contributed by atoms with E-state index in [-0.39, 0.29) is 0 Å². The molecule has 0 bridgehead atoms. The molecule has 1 atom stereocenters. The SMILES string of the molecule is CCCCCCC[CH](C)[Sn+3]. The van der Waals surface area contributed by atoms with Crippen molar-refractivity contribution < 1.29 is 0 Å². The molecule has 0 saturated heterocycles. The van der Waals surface area contributed by atoms with Crippen molar-refractivity contribution in [2.45, 2.75) is 56.3 Å². The van der Waals surface area contributed by atoms with E-state index >= 15 is 0 Å². The van der Waals surface area contributed by atoms with Gasteiger partial charge in [-0.3, -0.25) is 0 Å². The van der Waals surface area contributed by atoms with E-state index in [2.05, 4.69) is 13.8 Å². The van der Waals surface area contributed by atoms with Crippen molar-refractivity contribution in [3.05, 3.63) is 0 Å². The Morgan fingerprint density at radius 2 is 1.70 bits per heavy atom. The van der Waals surface area contributed by atoms with Crippen molar-refractivity contribution in [2.24, 2.45) is 0 Å². The van der Waals surface area contributed by atoms with Crippen molar-refractivity contribution in [1.29, 1.82) is 0 Å². The molecule has 0 fully saturated rings. The van der Waals surface area contributed by atoms with Gasteiger partial charge in [-0.1, -0.05) is 0 Å². The zero-order valence-corrected chi connectivity index (χ0v) is 10.2. The van der Waals surface area contributed by atoms with Gasteiger partial charge in [-0.25, -0.2) is 0 Å². The van der Waals surface area contributed by atoms with E-state index in [9.17, 15) is 0 Å². The summed E-state index contributed by atoms with van der Waals surface area (Å²) in [7, 11) is 0. The van der Waals surface area contributed by atoms with Crippen LogP contribution in [0.2, 0.25) is 3.93 Å². The first-order chi connectivity index (χ1) is 4.77. The van der Waals surface area contributed by atoms with Crippen LogP contribution < -0.4 is 0 Å². The molecule has 0 aliphatic carbocycles. The molecule has 1 unspecified atom stereocenters. The zero-order chi connectivity index (χ0) is 7.82. The fourth-order valence-corrected chi connectivity index (χ4v) is 1.64. The molecule has 0 nitrogen and oxygen atoms in total. The Morgan fingerprint density at radius 3 is 2.20 bits per heavy atom. The van der Waals surface area contributed by atoms with Crippen molar-refractivity contribution in [2.75, 3.05) is 0 Å². The standard InChI is InChI=1S/C9H19.Sn/c1-3-5-7-9-8-6-4-2;/h3H,4-9H2,1-2H3;/q;+3. The number of unbranched alkanes of at least 4 members (excludes halogenated alkanes) is 4. The number of rotatable bonds is 6. The van der Waals surface area contributed by atoms with E-state index in [0.29, 0.717) is 0 Å². The summed E-state index contributed by atoms with van der Waals surface area (Å²) in [4.78, 5) is 0. The summed E-state index contributed by atoms with van der Waals surface area (Å²) in [5.41, 5.74) is 0. The summed E-state index contributed by atoms with van der Waals surface area (Å²) in [5.74, 6) is 0. The van der Waals surface area contributed by atoms with E-state index in [1.54, 1.807) is 22.5 Å². The summed E-state index contributed by atoms with van der Waals surface area (Å²) in [6, 6.07) is 0. The molecule has 0 heterocycles. The van der Waals surface area contributed by atoms with Crippen LogP contribution in [0.5, 0.6) is 0 Å². The van der Waals surface area contributed by atoms with Gasteiger partial charge in [0.05, 0.1) is 0 Å². The van der Waals surface area contributed by atoms with Gasteiger partial charge in [0.2, 0.25) is 0 Å². The van der Waals surface area contributed by atoms with Crippen molar-refractivity contribution in [3.8, 4) is 0 Å². The Kier molecular flexibility index (Phi) is 8.53. The van der Waals surface area contributed by atoms with Gasteiger partial charge in [0.25, 0.3) is 0 Å². The third kappa shape index (κ3) is 8.80. The summed E-state index contributed by atoms with van der Waals surface area (Å²) >= 11 is 1.71. The molecular formula is C9H19Sn+3. The fourth-order valence-electron chi connectivity index (χ4n) is 1.05. The topological polar surface area (TPSA) is 0 Å². The average Bonchev–Trinajstić information content (AvgIpc) is 1.87. The molecule has 0 N–H and O–H groups in total. The van der Waals surface area contributed by atoms with Gasteiger partial charge in [0.15, 0.2) is 0 Å². The molecule has 56 valence electrons. The molecule has 0 spiro atoms. The first kappa shape index (κ1) is 10.8. The van der Waals surface area contributed by atoms with E-state index in [4.69, 9.17) is 0 Å². The maximum atomic E-state index is 2.35. The zero-order valence-electron chi connectivity index (χ0n) is 7.32. The second-order valence-electron chi connectivity index (χ2n) is 3.10. The van der Waals surface area contributed by atoms with Crippen molar-refractivity contribution in [3.63, 3.8) is 0 Å². The molecule has 0 aliphatic rings. The molecule has 0 rings (SSSR count). The minimum absolute atomic E-state index is 0.994. The molecule has 0 aromatic rings. The van der Waals surface area contributed by atoms with Crippen LogP contribution in [-0.4, -0.2) is 22.5 Å². The molecule has 0 radical (unpaired) electrons. The van der Waals surface area contributed by atoms with Crippen molar-refractivity contribution >= 4 is 22.5 Å². The predicted octanol–water partition coefficient (Wildman–Crippen LogP) is 3.32. The maximum absolute atomic E-state index is 2.35. The summed E-state index contributed by atoms with van der Waals surface area (Å²) < 4.78 is 0.994. The van der Waals surface area contributed by atoms with Crippen LogP contribution in [0.3, 0.4) is 0 Å². The van der Waals surface area contributed by atoms with E-state index < -0.39 is 0 Å². The van der Waals surface area contributed by atoms with Gasteiger partial charge in [0.1, 0.15) is 0 Å². The Hall–Kier alpha value is 0.799. The van der Waals surface area contributed by atoms with Crippen LogP contribution >= 0.6 is 0 Å². The molecule has 0 amide bonds. The fraction of sp³-hybridized carbons (Fsp3) is 1.00. The first-order valence-corrected chi connectivity index (χ1v) is 6.13. The van der Waals surface area contributed by atoms with E-state index in [1.165, 1.54) is 38.5 Å². The van der Waals surface area contributed by atoms with Gasteiger partial charge < -0.3 is 0 Å². The predicted molar refractivity (Wildman–Crippen MR) is 48.6 cm³/mol. The Balaban J connectivity index is 2.77. The van der Waals surface area contributed by atoms with Crippen LogP contribution in [0, 0.1) is 0 Å². The molecule has 0 aromatic carbocycles. The molecule has 1 heteroatoms. The third-order valence-corrected chi connectivity index (χ3v) is 2.56. The Bertz CT molecular complexity index is 59.7. The van der Waals surface area contributed by atoms with Gasteiger partial charge in [0, 0.05) is 0 Å². The second-order valence-corrected chi connectivity index (χ2v) is 5.92. The van der Waals surface area contributed by atoms with Crippen LogP contribution in [0.1, 0.15) is 52.4 Å². The monoisotopic (exact) mass is 247 g/mol. The van der Waals surface area contributed by atoms with Gasteiger partial charge >= 0.3 is 78.8 Å². The first-order valence-electron chi connectivity index (χ1n) is 4.48. The van der Waals surface area contributed by atoms with Gasteiger partial charge in [-0.15, -0.1) is 0 Å². The van der Waals surface area contributed by atoms with E-state index in [0.717, 1.165) is 3.93 Å². The minimum atomic E-state index is 0.994. The molecule has 0 saturated carbocycles. The van der Waals surface area contributed by atoms with Crippen molar-refractivity contribution in [1.82, 2.24) is 0 Å². The number of hydrogen-bond donors (Lipinski definition) is 0.